The first-order valence-electron chi connectivity index (χ1n) is 9.37. The highest BCUT2D eigenvalue weighted by Crippen LogP contribution is 2.47. The van der Waals surface area contributed by atoms with Crippen molar-refractivity contribution in [1.82, 2.24) is 0 Å². The van der Waals surface area contributed by atoms with Crippen LogP contribution in [0.1, 0.15) is 44.6 Å². The molecule has 3 unspecified atom stereocenters. The lowest BCUT2D eigenvalue weighted by Crippen LogP contribution is -2.43. The zero-order valence-electron chi connectivity index (χ0n) is 14.6. The second kappa shape index (κ2) is 5.23. The van der Waals surface area contributed by atoms with Crippen LogP contribution < -0.4 is 9.80 Å². The largest absolute Gasteiger partial charge is 0.305 e. The van der Waals surface area contributed by atoms with Crippen molar-refractivity contribution in [3.63, 3.8) is 0 Å². The van der Waals surface area contributed by atoms with E-state index < -0.39 is 0 Å². The van der Waals surface area contributed by atoms with Gasteiger partial charge >= 0.3 is 0 Å². The number of hydrogen-bond donors (Lipinski definition) is 0. The second-order valence-electron chi connectivity index (χ2n) is 7.77. The third-order valence-electron chi connectivity index (χ3n) is 5.90. The van der Waals surface area contributed by atoms with Gasteiger partial charge in [0.1, 0.15) is 0 Å². The van der Waals surface area contributed by atoms with Crippen molar-refractivity contribution in [2.75, 3.05) is 9.80 Å². The van der Waals surface area contributed by atoms with Crippen LogP contribution in [0.3, 0.4) is 0 Å². The van der Waals surface area contributed by atoms with Crippen LogP contribution in [0.15, 0.2) is 47.1 Å². The zero-order valence-corrected chi connectivity index (χ0v) is 14.6. The van der Waals surface area contributed by atoms with Gasteiger partial charge in [-0.25, -0.2) is 4.99 Å². The molecule has 0 N–H and O–H groups in total. The van der Waals surface area contributed by atoms with Gasteiger partial charge in [0, 0.05) is 5.70 Å². The minimum atomic E-state index is 0.488. The molecule has 0 radical (unpaired) electrons. The Hall–Kier alpha value is -2.03. The maximum absolute atomic E-state index is 5.20. The standard InChI is InChI=1S/C21H25N3/c1-14-6-5-7-16(12-14)23-19-11-10-15(2)13-20(19)24-18-9-4-3-8-17(18)22-21(23)24/h5-7,10-11,13-14,17-18H,3-4,8-9,12H2,1-2H3. The van der Waals surface area contributed by atoms with E-state index in [0.717, 1.165) is 6.42 Å². The summed E-state index contributed by atoms with van der Waals surface area (Å²) in [7, 11) is 0. The van der Waals surface area contributed by atoms with E-state index in [1.165, 1.54) is 54.3 Å². The molecule has 124 valence electrons. The molecular weight excluding hydrogens is 294 g/mol. The molecule has 1 saturated carbocycles. The molecule has 1 aromatic carbocycles. The van der Waals surface area contributed by atoms with Crippen molar-refractivity contribution in [1.29, 1.82) is 0 Å². The minimum absolute atomic E-state index is 0.488. The Morgan fingerprint density at radius 2 is 2.00 bits per heavy atom. The minimum Gasteiger partial charge on any atom is -0.305 e. The molecular formula is C21H25N3. The average Bonchev–Trinajstić information content (AvgIpc) is 3.09. The van der Waals surface area contributed by atoms with Crippen LogP contribution in [-0.4, -0.2) is 18.0 Å². The molecule has 1 aromatic rings. The van der Waals surface area contributed by atoms with Gasteiger partial charge in [0.2, 0.25) is 5.96 Å². The summed E-state index contributed by atoms with van der Waals surface area (Å²) in [5.74, 6) is 1.78. The monoisotopic (exact) mass is 319 g/mol. The summed E-state index contributed by atoms with van der Waals surface area (Å²) in [4.78, 5) is 10.2. The predicted molar refractivity (Wildman–Crippen MR) is 101 cm³/mol. The van der Waals surface area contributed by atoms with Crippen LogP contribution in [-0.2, 0) is 0 Å². The number of fused-ring (bicyclic) bond motifs is 5. The smallest absolute Gasteiger partial charge is 0.211 e. The average molecular weight is 319 g/mol. The molecule has 5 rings (SSSR count). The zero-order chi connectivity index (χ0) is 16.3. The topological polar surface area (TPSA) is 18.8 Å². The lowest BCUT2D eigenvalue weighted by molar-refractivity contribution is 0.405. The molecule has 1 fully saturated rings. The fourth-order valence-corrected chi connectivity index (χ4v) is 4.75. The third kappa shape index (κ3) is 2.00. The van der Waals surface area contributed by atoms with Crippen molar-refractivity contribution in [3.8, 4) is 0 Å². The summed E-state index contributed by atoms with van der Waals surface area (Å²) in [6.45, 7) is 4.49. The van der Waals surface area contributed by atoms with E-state index in [1.807, 2.05) is 0 Å². The number of nitrogens with zero attached hydrogens (tertiary/aromatic N) is 3. The summed E-state index contributed by atoms with van der Waals surface area (Å²) in [5, 5.41) is 0. The van der Waals surface area contributed by atoms with Crippen molar-refractivity contribution >= 4 is 17.3 Å². The van der Waals surface area contributed by atoms with Gasteiger partial charge in [0.25, 0.3) is 0 Å². The van der Waals surface area contributed by atoms with Gasteiger partial charge in [-0.2, -0.15) is 0 Å². The Morgan fingerprint density at radius 3 is 2.88 bits per heavy atom. The lowest BCUT2D eigenvalue weighted by Gasteiger charge is -2.30. The first kappa shape index (κ1) is 14.3. The maximum atomic E-state index is 5.20. The van der Waals surface area contributed by atoms with Crippen LogP contribution in [0.5, 0.6) is 0 Å². The number of aryl methyl sites for hydroxylation is 1. The molecule has 24 heavy (non-hydrogen) atoms. The first-order chi connectivity index (χ1) is 11.7. The number of allylic oxidation sites excluding steroid dienone is 4. The number of benzene rings is 1. The van der Waals surface area contributed by atoms with Gasteiger partial charge in [-0.1, -0.05) is 38.0 Å². The van der Waals surface area contributed by atoms with Crippen LogP contribution >= 0.6 is 0 Å². The van der Waals surface area contributed by atoms with E-state index in [2.05, 4.69) is 60.1 Å². The molecule has 3 nitrogen and oxygen atoms in total. The number of rotatable bonds is 1. The van der Waals surface area contributed by atoms with Crippen LogP contribution in [0.2, 0.25) is 0 Å². The number of guanidine groups is 1. The van der Waals surface area contributed by atoms with Crippen molar-refractivity contribution in [3.05, 3.63) is 47.7 Å². The third-order valence-corrected chi connectivity index (χ3v) is 5.90. The SMILES string of the molecule is Cc1ccc2c(c1)N1C(=NC3CCCCC31)N2C1=CC=CC(C)C1. The highest BCUT2D eigenvalue weighted by atomic mass is 15.5. The molecule has 0 amide bonds. The Kier molecular flexibility index (Phi) is 3.12. The summed E-state index contributed by atoms with van der Waals surface area (Å²) >= 11 is 0. The summed E-state index contributed by atoms with van der Waals surface area (Å²) in [5.41, 5.74) is 5.40. The van der Waals surface area contributed by atoms with Crippen LogP contribution in [0, 0.1) is 12.8 Å². The normalized spacial score (nSPS) is 30.7. The van der Waals surface area contributed by atoms with Crippen LogP contribution in [0.25, 0.3) is 0 Å². The Morgan fingerprint density at radius 1 is 1.12 bits per heavy atom. The Bertz CT molecular complexity index is 773. The quantitative estimate of drug-likeness (QED) is 0.741. The molecule has 0 saturated heterocycles. The van der Waals surface area contributed by atoms with Crippen molar-refractivity contribution in [2.24, 2.45) is 10.9 Å². The van der Waals surface area contributed by atoms with Crippen molar-refractivity contribution < 1.29 is 0 Å². The number of hydrogen-bond acceptors (Lipinski definition) is 3. The lowest BCUT2D eigenvalue weighted by atomic mass is 9.90. The maximum Gasteiger partial charge on any atom is 0.211 e. The number of aliphatic imine (C=N–C) groups is 1. The van der Waals surface area contributed by atoms with Gasteiger partial charge < -0.3 is 4.90 Å². The molecule has 2 aliphatic carbocycles. The van der Waals surface area contributed by atoms with Gasteiger partial charge in [0.15, 0.2) is 0 Å². The van der Waals surface area contributed by atoms with Crippen LogP contribution in [0.4, 0.5) is 11.4 Å². The molecule has 2 aliphatic heterocycles. The summed E-state index contributed by atoms with van der Waals surface area (Å²) < 4.78 is 0. The van der Waals surface area contributed by atoms with Gasteiger partial charge in [0.05, 0.1) is 23.5 Å². The predicted octanol–water partition coefficient (Wildman–Crippen LogP) is 4.78. The Labute approximate surface area is 144 Å². The van der Waals surface area contributed by atoms with Gasteiger partial charge in [-0.15, -0.1) is 0 Å². The molecule has 4 aliphatic rings. The van der Waals surface area contributed by atoms with Crippen molar-refractivity contribution in [2.45, 2.75) is 58.0 Å². The van der Waals surface area contributed by atoms with E-state index >= 15 is 0 Å². The van der Waals surface area contributed by atoms with E-state index in [4.69, 9.17) is 4.99 Å². The summed E-state index contributed by atoms with van der Waals surface area (Å²) in [6.07, 6.45) is 13.1. The fourth-order valence-electron chi connectivity index (χ4n) is 4.75. The molecule has 2 heterocycles. The first-order valence-corrected chi connectivity index (χ1v) is 9.37. The van der Waals surface area contributed by atoms with E-state index in [1.54, 1.807) is 0 Å². The van der Waals surface area contributed by atoms with E-state index in [-0.39, 0.29) is 0 Å². The fraction of sp³-hybridized carbons (Fsp3) is 0.476. The highest BCUT2D eigenvalue weighted by molar-refractivity contribution is 6.19. The Balaban J connectivity index is 1.64. The molecule has 0 spiro atoms. The molecule has 3 atom stereocenters. The second-order valence-corrected chi connectivity index (χ2v) is 7.77. The molecule has 3 heteroatoms. The number of anilines is 2. The molecule has 0 bridgehead atoms. The van der Waals surface area contributed by atoms with Gasteiger partial charge in [-0.3, -0.25) is 4.90 Å². The van der Waals surface area contributed by atoms with E-state index in [0.29, 0.717) is 18.0 Å². The van der Waals surface area contributed by atoms with E-state index in [9.17, 15) is 0 Å². The van der Waals surface area contributed by atoms with Gasteiger partial charge in [-0.05, 0) is 55.9 Å². The summed E-state index contributed by atoms with van der Waals surface area (Å²) in [6, 6.07) is 7.92. The highest BCUT2D eigenvalue weighted by Gasteiger charge is 2.47. The molecule has 0 aromatic heterocycles.